The van der Waals surface area contributed by atoms with E-state index in [0.29, 0.717) is 12.0 Å². The van der Waals surface area contributed by atoms with Gasteiger partial charge in [0.1, 0.15) is 0 Å². The number of nitrogens with two attached hydrogens (primary N) is 1. The molecule has 3 heteroatoms. The van der Waals surface area contributed by atoms with Gasteiger partial charge in [-0.1, -0.05) is 12.1 Å². The van der Waals surface area contributed by atoms with Crippen LogP contribution < -0.4 is 11.1 Å². The van der Waals surface area contributed by atoms with Crippen LogP contribution in [0.1, 0.15) is 24.5 Å². The van der Waals surface area contributed by atoms with Crippen molar-refractivity contribution in [1.82, 2.24) is 5.32 Å². The Morgan fingerprint density at radius 3 is 3.00 bits per heavy atom. The Labute approximate surface area is 103 Å². The number of hydrogen-bond acceptors (Lipinski definition) is 3. The van der Waals surface area contributed by atoms with E-state index in [2.05, 4.69) is 25.2 Å². The van der Waals surface area contributed by atoms with Gasteiger partial charge in [0, 0.05) is 25.4 Å². The molecule has 1 aromatic rings. The van der Waals surface area contributed by atoms with Crippen LogP contribution in [0.15, 0.2) is 18.2 Å². The lowest BCUT2D eigenvalue weighted by Gasteiger charge is -2.15. The van der Waals surface area contributed by atoms with Crippen molar-refractivity contribution in [3.63, 3.8) is 0 Å². The molecule has 1 saturated heterocycles. The summed E-state index contributed by atoms with van der Waals surface area (Å²) in [7, 11) is 0. The molecular weight excluding hydrogens is 212 g/mol. The summed E-state index contributed by atoms with van der Waals surface area (Å²) in [5, 5.41) is 3.51. The molecule has 2 rings (SSSR count). The molecule has 2 atom stereocenters. The Morgan fingerprint density at radius 2 is 2.29 bits per heavy atom. The molecule has 0 saturated carbocycles. The fraction of sp³-hybridized carbons (Fsp3) is 0.571. The largest absolute Gasteiger partial charge is 0.399 e. The summed E-state index contributed by atoms with van der Waals surface area (Å²) in [4.78, 5) is 0. The second kappa shape index (κ2) is 5.52. The van der Waals surface area contributed by atoms with E-state index in [9.17, 15) is 0 Å². The summed E-state index contributed by atoms with van der Waals surface area (Å²) in [6.07, 6.45) is 1.56. The molecule has 94 valence electrons. The molecule has 1 aromatic carbocycles. The second-order valence-electron chi connectivity index (χ2n) is 4.89. The summed E-state index contributed by atoms with van der Waals surface area (Å²) in [5.41, 5.74) is 9.24. The monoisotopic (exact) mass is 234 g/mol. The van der Waals surface area contributed by atoms with Gasteiger partial charge in [0.15, 0.2) is 0 Å². The van der Waals surface area contributed by atoms with E-state index in [1.165, 1.54) is 17.5 Å². The fourth-order valence-electron chi connectivity index (χ4n) is 2.33. The smallest absolute Gasteiger partial charge is 0.0588 e. The zero-order chi connectivity index (χ0) is 12.3. The average molecular weight is 234 g/mol. The first-order chi connectivity index (χ1) is 8.18. The van der Waals surface area contributed by atoms with Gasteiger partial charge < -0.3 is 15.8 Å². The molecule has 2 unspecified atom stereocenters. The molecule has 1 aliphatic rings. The van der Waals surface area contributed by atoms with Gasteiger partial charge in [-0.3, -0.25) is 0 Å². The quantitative estimate of drug-likeness (QED) is 0.784. The predicted octanol–water partition coefficient (Wildman–Crippen LogP) is 2.09. The van der Waals surface area contributed by atoms with Crippen molar-refractivity contribution in [1.29, 1.82) is 0 Å². The molecule has 17 heavy (non-hydrogen) atoms. The summed E-state index contributed by atoms with van der Waals surface area (Å²) in [5.74, 6) is 0.649. The number of benzene rings is 1. The van der Waals surface area contributed by atoms with Gasteiger partial charge in [0.05, 0.1) is 6.10 Å². The molecule has 1 fully saturated rings. The fourth-order valence-corrected chi connectivity index (χ4v) is 2.33. The second-order valence-corrected chi connectivity index (χ2v) is 4.89. The van der Waals surface area contributed by atoms with Crippen LogP contribution in [0.3, 0.4) is 0 Å². The molecule has 3 N–H and O–H groups in total. The highest BCUT2D eigenvalue weighted by Gasteiger charge is 2.23. The summed E-state index contributed by atoms with van der Waals surface area (Å²) in [6.45, 7) is 7.05. The van der Waals surface area contributed by atoms with Crippen molar-refractivity contribution in [2.75, 3.05) is 18.9 Å². The van der Waals surface area contributed by atoms with Crippen molar-refractivity contribution in [2.24, 2.45) is 5.92 Å². The number of hydrogen-bond donors (Lipinski definition) is 2. The van der Waals surface area contributed by atoms with Crippen LogP contribution in [0, 0.1) is 12.8 Å². The van der Waals surface area contributed by atoms with Crippen LogP contribution in [0.25, 0.3) is 0 Å². The van der Waals surface area contributed by atoms with Crippen molar-refractivity contribution in [3.05, 3.63) is 29.3 Å². The molecule has 0 aromatic heterocycles. The standard InChI is InChI=1S/C14H22N2O/c1-10-12(4-3-5-14(10)15)8-16-9-13-6-7-17-11(13)2/h3-5,11,13,16H,6-9,15H2,1-2H3. The third kappa shape index (κ3) is 2.99. The number of ether oxygens (including phenoxy) is 1. The lowest BCUT2D eigenvalue weighted by Crippen LogP contribution is -2.26. The van der Waals surface area contributed by atoms with E-state index in [4.69, 9.17) is 10.5 Å². The van der Waals surface area contributed by atoms with Gasteiger partial charge in [0.25, 0.3) is 0 Å². The minimum atomic E-state index is 0.393. The van der Waals surface area contributed by atoms with Crippen molar-refractivity contribution < 1.29 is 4.74 Å². The Kier molecular flexibility index (Phi) is 4.02. The molecular formula is C14H22N2O. The zero-order valence-electron chi connectivity index (χ0n) is 10.7. The number of anilines is 1. The van der Waals surface area contributed by atoms with Gasteiger partial charge in [-0.2, -0.15) is 0 Å². The SMILES string of the molecule is Cc1c(N)cccc1CNCC1CCOC1C. The first-order valence-electron chi connectivity index (χ1n) is 6.34. The Hall–Kier alpha value is -1.06. The minimum Gasteiger partial charge on any atom is -0.399 e. The van der Waals surface area contributed by atoms with E-state index in [1.54, 1.807) is 0 Å². The lowest BCUT2D eigenvalue weighted by molar-refractivity contribution is 0.105. The molecule has 0 amide bonds. The van der Waals surface area contributed by atoms with Gasteiger partial charge in [0.2, 0.25) is 0 Å². The van der Waals surface area contributed by atoms with E-state index in [0.717, 1.165) is 25.4 Å². The molecule has 0 radical (unpaired) electrons. The maximum atomic E-state index is 5.89. The van der Waals surface area contributed by atoms with Gasteiger partial charge >= 0.3 is 0 Å². The minimum absolute atomic E-state index is 0.393. The third-order valence-corrected chi connectivity index (χ3v) is 3.74. The van der Waals surface area contributed by atoms with Gasteiger partial charge in [-0.25, -0.2) is 0 Å². The normalized spacial score (nSPS) is 24.1. The van der Waals surface area contributed by atoms with Crippen molar-refractivity contribution >= 4 is 5.69 Å². The number of nitrogen functional groups attached to an aromatic ring is 1. The maximum absolute atomic E-state index is 5.89. The Bertz CT molecular complexity index is 378. The van der Waals surface area contributed by atoms with E-state index in [-0.39, 0.29) is 0 Å². The van der Waals surface area contributed by atoms with E-state index in [1.807, 2.05) is 12.1 Å². The van der Waals surface area contributed by atoms with Gasteiger partial charge in [-0.15, -0.1) is 0 Å². The van der Waals surface area contributed by atoms with Crippen LogP contribution in [0.5, 0.6) is 0 Å². The molecule has 3 nitrogen and oxygen atoms in total. The third-order valence-electron chi connectivity index (χ3n) is 3.74. The molecule has 0 bridgehead atoms. The topological polar surface area (TPSA) is 47.3 Å². The summed E-state index contributed by atoms with van der Waals surface area (Å²) >= 11 is 0. The maximum Gasteiger partial charge on any atom is 0.0588 e. The molecule has 0 aliphatic carbocycles. The van der Waals surface area contributed by atoms with E-state index < -0.39 is 0 Å². The number of rotatable bonds is 4. The zero-order valence-corrected chi connectivity index (χ0v) is 10.7. The highest BCUT2D eigenvalue weighted by molar-refractivity contribution is 5.49. The molecule has 1 heterocycles. The van der Waals surface area contributed by atoms with Crippen LogP contribution in [-0.2, 0) is 11.3 Å². The highest BCUT2D eigenvalue weighted by Crippen LogP contribution is 2.20. The van der Waals surface area contributed by atoms with Crippen LogP contribution in [0.4, 0.5) is 5.69 Å². The first-order valence-corrected chi connectivity index (χ1v) is 6.34. The molecule has 0 spiro atoms. The number of nitrogens with one attached hydrogen (secondary N) is 1. The lowest BCUT2D eigenvalue weighted by atomic mass is 10.0. The van der Waals surface area contributed by atoms with Crippen molar-refractivity contribution in [2.45, 2.75) is 32.9 Å². The van der Waals surface area contributed by atoms with Crippen LogP contribution in [0.2, 0.25) is 0 Å². The Balaban J connectivity index is 1.84. The molecule has 1 aliphatic heterocycles. The highest BCUT2D eigenvalue weighted by atomic mass is 16.5. The van der Waals surface area contributed by atoms with Gasteiger partial charge in [-0.05, 0) is 43.4 Å². The first kappa shape index (κ1) is 12.4. The van der Waals surface area contributed by atoms with Crippen LogP contribution >= 0.6 is 0 Å². The van der Waals surface area contributed by atoms with E-state index >= 15 is 0 Å². The Morgan fingerprint density at radius 1 is 1.47 bits per heavy atom. The average Bonchev–Trinajstić information content (AvgIpc) is 2.71. The van der Waals surface area contributed by atoms with Crippen molar-refractivity contribution in [3.8, 4) is 0 Å². The summed E-state index contributed by atoms with van der Waals surface area (Å²) in [6, 6.07) is 6.10. The summed E-state index contributed by atoms with van der Waals surface area (Å²) < 4.78 is 5.55. The predicted molar refractivity (Wildman–Crippen MR) is 70.8 cm³/mol. The van der Waals surface area contributed by atoms with Crippen LogP contribution in [-0.4, -0.2) is 19.3 Å².